The average molecular weight is 255 g/mol. The van der Waals surface area contributed by atoms with E-state index >= 15 is 0 Å². The molecule has 18 heavy (non-hydrogen) atoms. The van der Waals surface area contributed by atoms with Gasteiger partial charge in [-0.05, 0) is 33.6 Å². The molecule has 0 spiro atoms. The molecule has 5 nitrogen and oxygen atoms in total. The number of carboxylic acid groups (broad SMARTS) is 1. The van der Waals surface area contributed by atoms with Crippen LogP contribution in [0.5, 0.6) is 0 Å². The Morgan fingerprint density at radius 1 is 1.28 bits per heavy atom. The van der Waals surface area contributed by atoms with E-state index in [-0.39, 0.29) is 6.54 Å². The van der Waals surface area contributed by atoms with Gasteiger partial charge in [-0.15, -0.1) is 12.3 Å². The van der Waals surface area contributed by atoms with E-state index < -0.39 is 17.8 Å². The third-order valence-corrected chi connectivity index (χ3v) is 2.05. The summed E-state index contributed by atoms with van der Waals surface area (Å²) < 4.78 is 5.01. The van der Waals surface area contributed by atoms with Crippen molar-refractivity contribution in [3.63, 3.8) is 0 Å². The summed E-state index contributed by atoms with van der Waals surface area (Å²) in [5.74, 6) is 2.51. The lowest BCUT2D eigenvalue weighted by Crippen LogP contribution is -2.40. The number of imide groups is 1. The number of amides is 2. The highest BCUT2D eigenvalue weighted by Gasteiger charge is 2.26. The number of rotatable bonds is 5. The molecule has 0 bridgehead atoms. The van der Waals surface area contributed by atoms with E-state index in [0.29, 0.717) is 17.7 Å². The van der Waals surface area contributed by atoms with Crippen LogP contribution in [0.25, 0.3) is 0 Å². The van der Waals surface area contributed by atoms with Gasteiger partial charge in [0.15, 0.2) is 0 Å². The van der Waals surface area contributed by atoms with Gasteiger partial charge in [-0.2, -0.15) is 0 Å². The van der Waals surface area contributed by atoms with Gasteiger partial charge in [0.1, 0.15) is 5.60 Å². The number of carbonyl (C=O) groups is 2. The van der Waals surface area contributed by atoms with Crippen molar-refractivity contribution in [2.24, 2.45) is 0 Å². The van der Waals surface area contributed by atoms with Crippen LogP contribution in [-0.4, -0.2) is 34.3 Å². The van der Waals surface area contributed by atoms with E-state index in [0.717, 1.165) is 12.8 Å². The van der Waals surface area contributed by atoms with Gasteiger partial charge in [0.05, 0.1) is 0 Å². The van der Waals surface area contributed by atoms with Crippen molar-refractivity contribution in [3.8, 4) is 12.3 Å². The Kier molecular flexibility index (Phi) is 6.88. The molecule has 0 saturated carbocycles. The third kappa shape index (κ3) is 7.55. The molecule has 0 atom stereocenters. The predicted octanol–water partition coefficient (Wildman–Crippen LogP) is 3.10. The summed E-state index contributed by atoms with van der Waals surface area (Å²) in [6.45, 7) is 5.21. The number of ether oxygens (including phenoxy) is 1. The van der Waals surface area contributed by atoms with E-state index in [9.17, 15) is 9.59 Å². The van der Waals surface area contributed by atoms with Gasteiger partial charge in [0.2, 0.25) is 0 Å². The molecule has 0 aliphatic rings. The van der Waals surface area contributed by atoms with Crippen LogP contribution in [-0.2, 0) is 4.74 Å². The van der Waals surface area contributed by atoms with Crippen molar-refractivity contribution in [3.05, 3.63) is 0 Å². The summed E-state index contributed by atoms with van der Waals surface area (Å²) in [5.41, 5.74) is -0.700. The minimum Gasteiger partial charge on any atom is -0.465 e. The second-order valence-corrected chi connectivity index (χ2v) is 4.93. The minimum absolute atomic E-state index is 0.134. The zero-order chi connectivity index (χ0) is 14.2. The maximum absolute atomic E-state index is 11.6. The Balaban J connectivity index is 4.19. The maximum Gasteiger partial charge on any atom is 0.419 e. The van der Waals surface area contributed by atoms with Gasteiger partial charge in [-0.1, -0.05) is 6.42 Å². The smallest absolute Gasteiger partial charge is 0.419 e. The van der Waals surface area contributed by atoms with Crippen LogP contribution in [0, 0.1) is 12.3 Å². The monoisotopic (exact) mass is 255 g/mol. The Morgan fingerprint density at radius 3 is 2.33 bits per heavy atom. The van der Waals surface area contributed by atoms with Crippen LogP contribution in [0.1, 0.15) is 46.5 Å². The van der Waals surface area contributed by atoms with Gasteiger partial charge >= 0.3 is 12.2 Å². The van der Waals surface area contributed by atoms with Gasteiger partial charge in [0, 0.05) is 13.0 Å². The molecule has 0 aromatic carbocycles. The fraction of sp³-hybridized carbons (Fsp3) is 0.692. The SMILES string of the molecule is C#CCCCCCN(C(=O)O)C(=O)OC(C)(C)C. The van der Waals surface area contributed by atoms with Crippen LogP contribution in [0.2, 0.25) is 0 Å². The largest absolute Gasteiger partial charge is 0.465 e. The third-order valence-electron chi connectivity index (χ3n) is 2.05. The first-order valence-corrected chi connectivity index (χ1v) is 5.95. The minimum atomic E-state index is -1.29. The highest BCUT2D eigenvalue weighted by atomic mass is 16.6. The van der Waals surface area contributed by atoms with Crippen LogP contribution in [0.3, 0.4) is 0 Å². The summed E-state index contributed by atoms with van der Waals surface area (Å²) in [4.78, 5) is 23.2. The first kappa shape index (κ1) is 16.3. The molecule has 102 valence electrons. The van der Waals surface area contributed by atoms with E-state index in [1.54, 1.807) is 20.8 Å². The zero-order valence-electron chi connectivity index (χ0n) is 11.2. The average Bonchev–Trinajstić information content (AvgIpc) is 2.19. The number of carbonyl (C=O) groups excluding carboxylic acids is 1. The molecule has 0 rings (SSSR count). The van der Waals surface area contributed by atoms with E-state index in [2.05, 4.69) is 5.92 Å². The number of hydrogen-bond donors (Lipinski definition) is 1. The molecule has 0 aromatic rings. The number of nitrogens with zero attached hydrogens (tertiary/aromatic N) is 1. The van der Waals surface area contributed by atoms with Gasteiger partial charge in [0.25, 0.3) is 0 Å². The standard InChI is InChI=1S/C13H21NO4/c1-5-6-7-8-9-10-14(11(15)16)12(17)18-13(2,3)4/h1H,6-10H2,2-4H3,(H,15,16). The van der Waals surface area contributed by atoms with E-state index in [4.69, 9.17) is 16.3 Å². The second kappa shape index (κ2) is 7.59. The Labute approximate surface area is 108 Å². The van der Waals surface area contributed by atoms with Crippen LogP contribution >= 0.6 is 0 Å². The van der Waals surface area contributed by atoms with Crippen LogP contribution in [0.4, 0.5) is 9.59 Å². The van der Waals surface area contributed by atoms with Gasteiger partial charge < -0.3 is 9.84 Å². The van der Waals surface area contributed by atoms with Crippen molar-refractivity contribution in [2.45, 2.75) is 52.1 Å². The topological polar surface area (TPSA) is 66.8 Å². The Bertz CT molecular complexity index is 325. The lowest BCUT2D eigenvalue weighted by molar-refractivity contribution is 0.0267. The summed E-state index contributed by atoms with van der Waals surface area (Å²) in [7, 11) is 0. The first-order chi connectivity index (χ1) is 8.28. The fourth-order valence-electron chi connectivity index (χ4n) is 1.26. The summed E-state index contributed by atoms with van der Waals surface area (Å²) in [6, 6.07) is 0. The number of unbranched alkanes of at least 4 members (excludes halogenated alkanes) is 3. The Morgan fingerprint density at radius 2 is 1.89 bits per heavy atom. The molecule has 2 amide bonds. The van der Waals surface area contributed by atoms with Crippen molar-refractivity contribution >= 4 is 12.2 Å². The zero-order valence-corrected chi connectivity index (χ0v) is 11.2. The molecule has 0 saturated heterocycles. The Hall–Kier alpha value is -1.70. The van der Waals surface area contributed by atoms with E-state index in [1.807, 2.05) is 0 Å². The summed E-state index contributed by atoms with van der Waals surface area (Å²) in [5, 5.41) is 8.94. The highest BCUT2D eigenvalue weighted by molar-refractivity contribution is 5.86. The normalized spacial score (nSPS) is 10.6. The van der Waals surface area contributed by atoms with Crippen molar-refractivity contribution < 1.29 is 19.4 Å². The molecule has 0 aliphatic heterocycles. The second-order valence-electron chi connectivity index (χ2n) is 4.93. The highest BCUT2D eigenvalue weighted by Crippen LogP contribution is 2.11. The molecular formula is C13H21NO4. The first-order valence-electron chi connectivity index (χ1n) is 5.95. The molecule has 5 heteroatoms. The number of terminal acetylenes is 1. The molecule has 0 radical (unpaired) electrons. The molecule has 0 heterocycles. The van der Waals surface area contributed by atoms with Crippen molar-refractivity contribution in [1.29, 1.82) is 0 Å². The van der Waals surface area contributed by atoms with E-state index in [1.165, 1.54) is 0 Å². The number of hydrogen-bond acceptors (Lipinski definition) is 3. The molecule has 0 aliphatic carbocycles. The van der Waals surface area contributed by atoms with Gasteiger partial charge in [-0.25, -0.2) is 14.5 Å². The van der Waals surface area contributed by atoms with Crippen LogP contribution < -0.4 is 0 Å². The summed E-state index contributed by atoms with van der Waals surface area (Å²) in [6.07, 6.45) is 5.87. The lowest BCUT2D eigenvalue weighted by atomic mass is 10.2. The quantitative estimate of drug-likeness (QED) is 0.605. The molecular weight excluding hydrogens is 234 g/mol. The maximum atomic E-state index is 11.6. The van der Waals surface area contributed by atoms with Gasteiger partial charge in [-0.3, -0.25) is 0 Å². The molecule has 0 unspecified atom stereocenters. The predicted molar refractivity (Wildman–Crippen MR) is 68.3 cm³/mol. The van der Waals surface area contributed by atoms with Crippen LogP contribution in [0.15, 0.2) is 0 Å². The van der Waals surface area contributed by atoms with Crippen molar-refractivity contribution in [1.82, 2.24) is 4.90 Å². The lowest BCUT2D eigenvalue weighted by Gasteiger charge is -2.24. The molecule has 0 fully saturated rings. The fourth-order valence-corrected chi connectivity index (χ4v) is 1.26. The molecule has 1 N–H and O–H groups in total. The summed E-state index contributed by atoms with van der Waals surface area (Å²) >= 11 is 0. The molecule has 0 aromatic heterocycles. The van der Waals surface area contributed by atoms with Crippen molar-refractivity contribution in [2.75, 3.05) is 6.54 Å².